The molecular formula is C19H19N5O2. The lowest BCUT2D eigenvalue weighted by atomic mass is 10.1. The van der Waals surface area contributed by atoms with Crippen LogP contribution in [0.2, 0.25) is 0 Å². The number of anilines is 2. The lowest BCUT2D eigenvalue weighted by Gasteiger charge is -2.26. The lowest BCUT2D eigenvalue weighted by Crippen LogP contribution is -2.37. The maximum absolute atomic E-state index is 12.3. The van der Waals surface area contributed by atoms with Crippen LogP contribution >= 0.6 is 0 Å². The first-order chi connectivity index (χ1) is 12.7. The van der Waals surface area contributed by atoms with Crippen molar-refractivity contribution in [2.75, 3.05) is 36.5 Å². The van der Waals surface area contributed by atoms with Crippen LogP contribution in [-0.2, 0) is 9.53 Å². The van der Waals surface area contributed by atoms with Gasteiger partial charge in [0.1, 0.15) is 11.6 Å². The van der Waals surface area contributed by atoms with Gasteiger partial charge in [-0.15, -0.1) is 0 Å². The van der Waals surface area contributed by atoms with Gasteiger partial charge in [0.05, 0.1) is 13.2 Å². The van der Waals surface area contributed by atoms with Crippen molar-refractivity contribution in [1.82, 2.24) is 9.97 Å². The molecule has 3 rings (SSSR count). The van der Waals surface area contributed by atoms with Crippen molar-refractivity contribution < 1.29 is 9.53 Å². The van der Waals surface area contributed by atoms with Gasteiger partial charge in [-0.2, -0.15) is 5.26 Å². The Labute approximate surface area is 151 Å². The van der Waals surface area contributed by atoms with Crippen molar-refractivity contribution in [3.63, 3.8) is 0 Å². The smallest absolute Gasteiger partial charge is 0.266 e. The van der Waals surface area contributed by atoms with E-state index in [4.69, 9.17) is 4.74 Å². The number of nitrogens with one attached hydrogen (secondary N) is 1. The molecule has 1 saturated heterocycles. The second-order valence-corrected chi connectivity index (χ2v) is 5.91. The van der Waals surface area contributed by atoms with Crippen molar-refractivity contribution in [2.45, 2.75) is 6.92 Å². The number of nitrogens with zero attached hydrogens (tertiary/aromatic N) is 4. The Morgan fingerprint density at radius 3 is 2.50 bits per heavy atom. The van der Waals surface area contributed by atoms with Crippen LogP contribution in [0.15, 0.2) is 42.2 Å². The summed E-state index contributed by atoms with van der Waals surface area (Å²) in [5.41, 5.74) is 2.32. The van der Waals surface area contributed by atoms with E-state index in [0.29, 0.717) is 30.4 Å². The zero-order valence-corrected chi connectivity index (χ0v) is 14.5. The van der Waals surface area contributed by atoms with Crippen LogP contribution in [0.5, 0.6) is 0 Å². The Bertz CT molecular complexity index is 832. The number of morpholine rings is 1. The summed E-state index contributed by atoms with van der Waals surface area (Å²) in [4.78, 5) is 22.9. The lowest BCUT2D eigenvalue weighted by molar-refractivity contribution is -0.112. The molecule has 1 fully saturated rings. The first-order valence-corrected chi connectivity index (χ1v) is 8.30. The number of hydrogen-bond acceptors (Lipinski definition) is 6. The highest BCUT2D eigenvalue weighted by Crippen LogP contribution is 2.13. The van der Waals surface area contributed by atoms with Gasteiger partial charge in [0.2, 0.25) is 5.95 Å². The van der Waals surface area contributed by atoms with E-state index in [0.717, 1.165) is 18.7 Å². The second-order valence-electron chi connectivity index (χ2n) is 5.91. The van der Waals surface area contributed by atoms with Gasteiger partial charge < -0.3 is 15.0 Å². The minimum atomic E-state index is -0.464. The fraction of sp³-hybridized carbons (Fsp3) is 0.263. The zero-order valence-electron chi connectivity index (χ0n) is 14.5. The minimum Gasteiger partial charge on any atom is -0.378 e. The highest BCUT2D eigenvalue weighted by atomic mass is 16.5. The molecule has 1 aliphatic heterocycles. The predicted octanol–water partition coefficient (Wildman–Crippen LogP) is 2.17. The Balaban J connectivity index is 1.70. The van der Waals surface area contributed by atoms with Crippen molar-refractivity contribution in [1.29, 1.82) is 5.26 Å². The highest BCUT2D eigenvalue weighted by molar-refractivity contribution is 6.09. The van der Waals surface area contributed by atoms with Gasteiger partial charge in [0, 0.05) is 36.7 Å². The Morgan fingerprint density at radius 1 is 1.23 bits per heavy atom. The molecule has 1 aromatic heterocycles. The third-order valence-corrected chi connectivity index (χ3v) is 3.94. The van der Waals surface area contributed by atoms with Crippen LogP contribution in [0.25, 0.3) is 6.08 Å². The Morgan fingerprint density at radius 2 is 1.88 bits per heavy atom. The molecule has 26 heavy (non-hydrogen) atoms. The average Bonchev–Trinajstić information content (AvgIpc) is 2.69. The van der Waals surface area contributed by atoms with Gasteiger partial charge in [-0.1, -0.05) is 17.7 Å². The molecule has 2 heterocycles. The number of rotatable bonds is 4. The quantitative estimate of drug-likeness (QED) is 0.672. The molecule has 7 nitrogen and oxygen atoms in total. The molecular weight excluding hydrogens is 330 g/mol. The summed E-state index contributed by atoms with van der Waals surface area (Å²) in [7, 11) is 0. The SMILES string of the molecule is Cc1ccc(NC(=O)/C(C#N)=C/c2cnc(N3CCOCC3)nc2)cc1. The molecule has 1 aromatic carbocycles. The molecule has 0 bridgehead atoms. The van der Waals surface area contributed by atoms with Crippen molar-refractivity contribution in [3.05, 3.63) is 53.4 Å². The topological polar surface area (TPSA) is 91.1 Å². The summed E-state index contributed by atoms with van der Waals surface area (Å²) in [5, 5.41) is 12.0. The number of carbonyl (C=O) groups excluding carboxylic acids is 1. The van der Waals surface area contributed by atoms with Crippen molar-refractivity contribution >= 4 is 23.6 Å². The van der Waals surface area contributed by atoms with E-state index in [1.54, 1.807) is 24.5 Å². The van der Waals surface area contributed by atoms with Crippen LogP contribution in [0.3, 0.4) is 0 Å². The van der Waals surface area contributed by atoms with Gasteiger partial charge in [-0.25, -0.2) is 9.97 Å². The fourth-order valence-electron chi connectivity index (χ4n) is 2.48. The summed E-state index contributed by atoms with van der Waals surface area (Å²) in [6.45, 7) is 4.77. The van der Waals surface area contributed by atoms with E-state index in [-0.39, 0.29) is 5.57 Å². The first-order valence-electron chi connectivity index (χ1n) is 8.30. The molecule has 0 unspecified atom stereocenters. The third-order valence-electron chi connectivity index (χ3n) is 3.94. The van der Waals surface area contributed by atoms with E-state index in [2.05, 4.69) is 15.3 Å². The summed E-state index contributed by atoms with van der Waals surface area (Å²) in [5.74, 6) is 0.154. The number of carbonyl (C=O) groups is 1. The number of nitriles is 1. The van der Waals surface area contributed by atoms with Crippen LogP contribution in [-0.4, -0.2) is 42.2 Å². The molecule has 0 spiro atoms. The fourth-order valence-corrected chi connectivity index (χ4v) is 2.48. The van der Waals surface area contributed by atoms with E-state index in [1.807, 2.05) is 30.0 Å². The summed E-state index contributed by atoms with van der Waals surface area (Å²) in [6, 6.07) is 9.30. The van der Waals surface area contributed by atoms with Crippen molar-refractivity contribution in [2.24, 2.45) is 0 Å². The maximum atomic E-state index is 12.3. The van der Waals surface area contributed by atoms with Gasteiger partial charge in [0.25, 0.3) is 5.91 Å². The number of ether oxygens (including phenoxy) is 1. The average molecular weight is 349 g/mol. The Hall–Kier alpha value is -3.24. The standard InChI is InChI=1S/C19H19N5O2/c1-14-2-4-17(5-3-14)23-18(25)16(11-20)10-15-12-21-19(22-13-15)24-6-8-26-9-7-24/h2-5,10,12-13H,6-9H2,1H3,(H,23,25)/b16-10+. The van der Waals surface area contributed by atoms with Gasteiger partial charge >= 0.3 is 0 Å². The molecule has 0 atom stereocenters. The molecule has 0 aliphatic carbocycles. The molecule has 132 valence electrons. The van der Waals surface area contributed by atoms with Gasteiger partial charge in [0.15, 0.2) is 0 Å². The van der Waals surface area contributed by atoms with Gasteiger partial charge in [-0.3, -0.25) is 4.79 Å². The molecule has 1 N–H and O–H groups in total. The third kappa shape index (κ3) is 4.43. The molecule has 2 aromatic rings. The van der Waals surface area contributed by atoms with Crippen LogP contribution in [0.1, 0.15) is 11.1 Å². The number of benzene rings is 1. The molecule has 1 aliphatic rings. The zero-order chi connectivity index (χ0) is 18.4. The van der Waals surface area contributed by atoms with Crippen molar-refractivity contribution in [3.8, 4) is 6.07 Å². The molecule has 0 saturated carbocycles. The molecule has 7 heteroatoms. The number of amides is 1. The van der Waals surface area contributed by atoms with E-state index in [1.165, 1.54) is 6.08 Å². The van der Waals surface area contributed by atoms with E-state index >= 15 is 0 Å². The monoisotopic (exact) mass is 349 g/mol. The number of aryl methyl sites for hydroxylation is 1. The summed E-state index contributed by atoms with van der Waals surface area (Å²) >= 11 is 0. The van der Waals surface area contributed by atoms with Gasteiger partial charge in [-0.05, 0) is 25.1 Å². The van der Waals surface area contributed by atoms with Crippen LogP contribution in [0.4, 0.5) is 11.6 Å². The first kappa shape index (κ1) is 17.6. The van der Waals surface area contributed by atoms with E-state index in [9.17, 15) is 10.1 Å². The minimum absolute atomic E-state index is 0.00621. The van der Waals surface area contributed by atoms with Crippen LogP contribution in [0, 0.1) is 18.3 Å². The predicted molar refractivity (Wildman–Crippen MR) is 98.5 cm³/mol. The molecule has 1 amide bonds. The Kier molecular flexibility index (Phi) is 5.56. The number of hydrogen-bond donors (Lipinski definition) is 1. The normalized spacial score (nSPS) is 14.6. The highest BCUT2D eigenvalue weighted by Gasteiger charge is 2.14. The largest absolute Gasteiger partial charge is 0.378 e. The second kappa shape index (κ2) is 8.23. The molecule has 0 radical (unpaired) electrons. The maximum Gasteiger partial charge on any atom is 0.266 e. The van der Waals surface area contributed by atoms with E-state index < -0.39 is 5.91 Å². The van der Waals surface area contributed by atoms with Crippen LogP contribution < -0.4 is 10.2 Å². The number of aromatic nitrogens is 2. The summed E-state index contributed by atoms with van der Waals surface area (Å²) < 4.78 is 5.31. The summed E-state index contributed by atoms with van der Waals surface area (Å²) in [6.07, 6.45) is 4.69.